The van der Waals surface area contributed by atoms with Crippen LogP contribution < -0.4 is 9.47 Å². The molecule has 1 spiro atoms. The van der Waals surface area contributed by atoms with Crippen molar-refractivity contribution in [1.82, 2.24) is 4.90 Å². The van der Waals surface area contributed by atoms with Crippen molar-refractivity contribution >= 4 is 0 Å². The van der Waals surface area contributed by atoms with Gasteiger partial charge in [0.15, 0.2) is 11.5 Å². The molecule has 4 nitrogen and oxygen atoms in total. The highest BCUT2D eigenvalue weighted by atomic mass is 16.7. The normalized spacial score (nSPS) is 44.0. The van der Waals surface area contributed by atoms with E-state index in [0.717, 1.165) is 11.5 Å². The van der Waals surface area contributed by atoms with Gasteiger partial charge in [0.25, 0.3) is 0 Å². The van der Waals surface area contributed by atoms with Gasteiger partial charge < -0.3 is 19.1 Å². The van der Waals surface area contributed by atoms with E-state index in [4.69, 9.17) is 14.2 Å². The molecule has 3 fully saturated rings. The minimum Gasteiger partial charge on any atom is -0.454 e. The molecule has 5 atom stereocenters. The first-order valence-corrected chi connectivity index (χ1v) is 8.57. The molecule has 2 bridgehead atoms. The molecular formula is C18H21NO3. The van der Waals surface area contributed by atoms with Gasteiger partial charge in [0.05, 0.1) is 12.2 Å². The number of fused-ring (bicyclic) bond motifs is 4. The lowest BCUT2D eigenvalue weighted by atomic mass is 9.55. The van der Waals surface area contributed by atoms with E-state index in [0.29, 0.717) is 24.9 Å². The van der Waals surface area contributed by atoms with E-state index in [1.54, 1.807) is 0 Å². The highest BCUT2D eigenvalue weighted by molar-refractivity contribution is 5.55. The SMILES string of the molecule is CN1CC[C@]23c4cc5c(cc4[C@@H]4C[C@H]2[C@H](CC[C@H]13)O4)OCO5. The third kappa shape index (κ3) is 1.21. The summed E-state index contributed by atoms with van der Waals surface area (Å²) in [5.41, 5.74) is 3.17. The van der Waals surface area contributed by atoms with E-state index >= 15 is 0 Å². The Bertz CT molecular complexity index is 675. The number of likely N-dealkylation sites (N-methyl/N-ethyl adjacent to an activating group) is 1. The molecule has 0 aromatic heterocycles. The number of nitrogens with zero attached hydrogens (tertiary/aromatic N) is 1. The molecule has 22 heavy (non-hydrogen) atoms. The first-order valence-electron chi connectivity index (χ1n) is 8.57. The van der Waals surface area contributed by atoms with Crippen LogP contribution in [-0.2, 0) is 10.2 Å². The second-order valence-corrected chi connectivity index (χ2v) is 7.66. The summed E-state index contributed by atoms with van der Waals surface area (Å²) < 4.78 is 17.8. The van der Waals surface area contributed by atoms with Crippen molar-refractivity contribution in [1.29, 1.82) is 0 Å². The van der Waals surface area contributed by atoms with Gasteiger partial charge in [-0.2, -0.15) is 0 Å². The summed E-state index contributed by atoms with van der Waals surface area (Å²) >= 11 is 0. The van der Waals surface area contributed by atoms with E-state index in [1.165, 1.54) is 43.4 Å². The van der Waals surface area contributed by atoms with Gasteiger partial charge >= 0.3 is 0 Å². The van der Waals surface area contributed by atoms with E-state index < -0.39 is 0 Å². The van der Waals surface area contributed by atoms with Gasteiger partial charge in [-0.1, -0.05) is 0 Å². The Labute approximate surface area is 130 Å². The van der Waals surface area contributed by atoms with Gasteiger partial charge in [-0.15, -0.1) is 0 Å². The minimum absolute atomic E-state index is 0.273. The van der Waals surface area contributed by atoms with Gasteiger partial charge in [-0.05, 0) is 68.5 Å². The zero-order valence-electron chi connectivity index (χ0n) is 12.9. The number of hydrogen-bond acceptors (Lipinski definition) is 4. The van der Waals surface area contributed by atoms with Gasteiger partial charge in [0.1, 0.15) is 0 Å². The molecule has 4 heteroatoms. The maximum Gasteiger partial charge on any atom is 0.231 e. The zero-order chi connectivity index (χ0) is 14.5. The van der Waals surface area contributed by atoms with Crippen LogP contribution in [0.25, 0.3) is 0 Å². The summed E-state index contributed by atoms with van der Waals surface area (Å²) in [6.45, 7) is 1.55. The van der Waals surface area contributed by atoms with Crippen molar-refractivity contribution in [3.63, 3.8) is 0 Å². The van der Waals surface area contributed by atoms with Crippen LogP contribution in [0.2, 0.25) is 0 Å². The van der Waals surface area contributed by atoms with Crippen LogP contribution in [-0.4, -0.2) is 37.4 Å². The molecule has 0 radical (unpaired) electrons. The first-order chi connectivity index (χ1) is 10.8. The number of hydrogen-bond donors (Lipinski definition) is 0. The van der Waals surface area contributed by atoms with E-state index in [-0.39, 0.29) is 11.5 Å². The lowest BCUT2D eigenvalue weighted by Gasteiger charge is -2.49. The van der Waals surface area contributed by atoms with Crippen molar-refractivity contribution < 1.29 is 14.2 Å². The average Bonchev–Trinajstić information content (AvgIpc) is 3.21. The third-order valence-electron chi connectivity index (χ3n) is 7.04. The van der Waals surface area contributed by atoms with Crippen LogP contribution >= 0.6 is 0 Å². The molecule has 0 amide bonds. The molecule has 3 aliphatic heterocycles. The van der Waals surface area contributed by atoms with E-state index in [9.17, 15) is 0 Å². The molecule has 1 aromatic rings. The van der Waals surface area contributed by atoms with Crippen molar-refractivity contribution in [3.05, 3.63) is 23.3 Å². The van der Waals surface area contributed by atoms with Gasteiger partial charge in [-0.25, -0.2) is 0 Å². The predicted molar refractivity (Wildman–Crippen MR) is 80.2 cm³/mol. The monoisotopic (exact) mass is 299 g/mol. The Morgan fingerprint density at radius 2 is 2.05 bits per heavy atom. The van der Waals surface area contributed by atoms with Crippen molar-refractivity contribution in [2.45, 2.75) is 49.3 Å². The Morgan fingerprint density at radius 1 is 1.18 bits per heavy atom. The Kier molecular flexibility index (Phi) is 2.10. The van der Waals surface area contributed by atoms with Crippen LogP contribution in [0.5, 0.6) is 11.5 Å². The van der Waals surface area contributed by atoms with Gasteiger partial charge in [0.2, 0.25) is 6.79 Å². The molecule has 6 rings (SSSR count). The maximum atomic E-state index is 6.47. The van der Waals surface area contributed by atoms with Gasteiger partial charge in [0, 0.05) is 11.5 Å². The summed E-state index contributed by atoms with van der Waals surface area (Å²) in [5, 5.41) is 0. The Balaban J connectivity index is 1.63. The molecule has 1 saturated carbocycles. The molecule has 0 unspecified atom stereocenters. The predicted octanol–water partition coefficient (Wildman–Crippen LogP) is 2.61. The molecule has 1 aromatic carbocycles. The van der Waals surface area contributed by atoms with Crippen LogP contribution in [0.15, 0.2) is 12.1 Å². The van der Waals surface area contributed by atoms with Crippen molar-refractivity contribution in [2.24, 2.45) is 5.92 Å². The number of benzene rings is 1. The Morgan fingerprint density at radius 3 is 2.95 bits per heavy atom. The standard InChI is InChI=1S/C18H21NO3/c1-19-5-4-18-11-7-16-15(20-9-21-16)6-10(11)14-8-12(18)13(22-14)2-3-17(18)19/h6-7,12-14,17H,2-5,8-9H2,1H3/t12-,13-,14-,17-,18-/m0/s1. The summed E-state index contributed by atoms with van der Waals surface area (Å²) in [6, 6.07) is 5.17. The van der Waals surface area contributed by atoms with E-state index in [1.807, 2.05) is 0 Å². The number of ether oxygens (including phenoxy) is 3. The lowest BCUT2D eigenvalue weighted by molar-refractivity contribution is -0.00333. The van der Waals surface area contributed by atoms with Crippen LogP contribution in [0.1, 0.15) is 42.9 Å². The van der Waals surface area contributed by atoms with Crippen LogP contribution in [0.3, 0.4) is 0 Å². The number of likely N-dealkylation sites (tertiary alicyclic amines) is 1. The summed E-state index contributed by atoms with van der Waals surface area (Å²) in [4.78, 5) is 2.59. The number of rotatable bonds is 0. The first kappa shape index (κ1) is 12.2. The molecule has 116 valence electrons. The largest absolute Gasteiger partial charge is 0.454 e. The molecular weight excluding hydrogens is 278 g/mol. The smallest absolute Gasteiger partial charge is 0.231 e. The molecule has 2 saturated heterocycles. The summed E-state index contributed by atoms with van der Waals surface area (Å²) in [5.74, 6) is 2.53. The van der Waals surface area contributed by atoms with Crippen LogP contribution in [0.4, 0.5) is 0 Å². The Hall–Kier alpha value is -1.26. The average molecular weight is 299 g/mol. The molecule has 0 N–H and O–H groups in total. The minimum atomic E-state index is 0.273. The summed E-state index contributed by atoms with van der Waals surface area (Å²) in [6.07, 6.45) is 5.67. The van der Waals surface area contributed by atoms with Crippen molar-refractivity contribution in [3.8, 4) is 11.5 Å². The summed E-state index contributed by atoms with van der Waals surface area (Å²) in [7, 11) is 2.30. The van der Waals surface area contributed by atoms with Gasteiger partial charge in [-0.3, -0.25) is 0 Å². The fourth-order valence-electron chi connectivity index (χ4n) is 6.21. The maximum absolute atomic E-state index is 6.47. The molecule has 5 aliphatic rings. The van der Waals surface area contributed by atoms with Crippen LogP contribution in [0, 0.1) is 5.92 Å². The van der Waals surface area contributed by atoms with Crippen molar-refractivity contribution in [2.75, 3.05) is 20.4 Å². The highest BCUT2D eigenvalue weighted by Gasteiger charge is 2.63. The lowest BCUT2D eigenvalue weighted by Crippen LogP contribution is -2.53. The third-order valence-corrected chi connectivity index (χ3v) is 7.04. The topological polar surface area (TPSA) is 30.9 Å². The zero-order valence-corrected chi connectivity index (χ0v) is 12.9. The second-order valence-electron chi connectivity index (χ2n) is 7.66. The quantitative estimate of drug-likeness (QED) is 0.737. The molecule has 3 heterocycles. The highest BCUT2D eigenvalue weighted by Crippen LogP contribution is 2.64. The molecule has 2 aliphatic carbocycles. The van der Waals surface area contributed by atoms with E-state index in [2.05, 4.69) is 24.1 Å². The second kappa shape index (κ2) is 3.80. The fraction of sp³-hybridized carbons (Fsp3) is 0.667. The fourth-order valence-corrected chi connectivity index (χ4v) is 6.21.